The van der Waals surface area contributed by atoms with Crippen molar-refractivity contribution in [2.24, 2.45) is 0 Å². The molecule has 173 valence electrons. The zero-order valence-corrected chi connectivity index (χ0v) is 20.8. The summed E-state index contributed by atoms with van der Waals surface area (Å²) in [6.07, 6.45) is 0. The van der Waals surface area contributed by atoms with E-state index in [2.05, 4.69) is 11.0 Å². The summed E-state index contributed by atoms with van der Waals surface area (Å²) in [5, 5.41) is 1.24. The van der Waals surface area contributed by atoms with Crippen molar-refractivity contribution in [2.45, 2.75) is 18.0 Å². The fraction of sp³-hybridized carbons (Fsp3) is 0.250. The summed E-state index contributed by atoms with van der Waals surface area (Å²) in [7, 11) is -3.62. The highest BCUT2D eigenvalue weighted by Crippen LogP contribution is 2.28. The average molecular weight is 525 g/mol. The first-order valence-electron chi connectivity index (χ1n) is 10.4. The average Bonchev–Trinajstić information content (AvgIpc) is 2.81. The minimum atomic E-state index is -3.62. The number of halogens is 3. The maximum absolute atomic E-state index is 13.0. The number of piperazine rings is 1. The van der Waals surface area contributed by atoms with Gasteiger partial charge in [-0.15, -0.1) is 0 Å². The SMILES string of the molecule is O=S(=O)(c1ccc(Cl)c(Cl)c1)N1CCN(Cc2c[c]ccc2OCc2ccc(Cl)cc2)CC1. The second-order valence-corrected chi connectivity index (χ2v) is 10.9. The second kappa shape index (κ2) is 10.6. The highest BCUT2D eigenvalue weighted by atomic mass is 35.5. The Morgan fingerprint density at radius 2 is 1.64 bits per heavy atom. The number of ether oxygens (including phenoxy) is 1. The van der Waals surface area contributed by atoms with Crippen LogP contribution < -0.4 is 4.74 Å². The molecule has 3 aromatic carbocycles. The van der Waals surface area contributed by atoms with Crippen LogP contribution in [0.5, 0.6) is 5.75 Å². The molecule has 0 amide bonds. The molecule has 0 unspecified atom stereocenters. The topological polar surface area (TPSA) is 49.9 Å². The quantitative estimate of drug-likeness (QED) is 0.408. The Balaban J connectivity index is 1.37. The molecule has 0 aliphatic carbocycles. The van der Waals surface area contributed by atoms with E-state index in [9.17, 15) is 8.42 Å². The van der Waals surface area contributed by atoms with E-state index in [1.54, 1.807) is 0 Å². The lowest BCUT2D eigenvalue weighted by molar-refractivity contribution is 0.178. The zero-order chi connectivity index (χ0) is 23.4. The number of rotatable bonds is 7. The molecule has 1 fully saturated rings. The van der Waals surface area contributed by atoms with Crippen molar-refractivity contribution >= 4 is 44.8 Å². The van der Waals surface area contributed by atoms with Crippen LogP contribution >= 0.6 is 34.8 Å². The van der Waals surface area contributed by atoms with E-state index < -0.39 is 10.0 Å². The van der Waals surface area contributed by atoms with E-state index in [0.717, 1.165) is 16.9 Å². The van der Waals surface area contributed by atoms with Gasteiger partial charge in [-0.05, 0) is 54.1 Å². The van der Waals surface area contributed by atoms with Crippen molar-refractivity contribution in [2.75, 3.05) is 26.2 Å². The number of hydrogen-bond acceptors (Lipinski definition) is 4. The van der Waals surface area contributed by atoms with Crippen molar-refractivity contribution < 1.29 is 13.2 Å². The lowest BCUT2D eigenvalue weighted by Gasteiger charge is -2.34. The highest BCUT2D eigenvalue weighted by molar-refractivity contribution is 7.89. The number of benzene rings is 3. The van der Waals surface area contributed by atoms with Gasteiger partial charge in [-0.2, -0.15) is 4.31 Å². The van der Waals surface area contributed by atoms with Crippen LogP contribution in [0.4, 0.5) is 0 Å². The van der Waals surface area contributed by atoms with Crippen LogP contribution in [0.3, 0.4) is 0 Å². The minimum absolute atomic E-state index is 0.154. The molecule has 0 N–H and O–H groups in total. The minimum Gasteiger partial charge on any atom is -0.489 e. The maximum atomic E-state index is 13.0. The van der Waals surface area contributed by atoms with Crippen LogP contribution in [0.1, 0.15) is 11.1 Å². The molecule has 1 aliphatic heterocycles. The summed E-state index contributed by atoms with van der Waals surface area (Å²) in [4.78, 5) is 2.36. The van der Waals surface area contributed by atoms with E-state index >= 15 is 0 Å². The lowest BCUT2D eigenvalue weighted by atomic mass is 10.1. The van der Waals surface area contributed by atoms with Crippen molar-refractivity contribution in [1.82, 2.24) is 9.21 Å². The molecule has 0 saturated carbocycles. The zero-order valence-electron chi connectivity index (χ0n) is 17.7. The standard InChI is InChI=1S/C24H22Cl3N2O3S/c25-20-7-5-18(6-8-20)17-32-24-4-2-1-3-19(24)16-28-11-13-29(14-12-28)33(30,31)21-9-10-22(26)23(27)15-21/h2-10,15H,11-14,16-17H2. The van der Waals surface area contributed by atoms with E-state index in [1.165, 1.54) is 22.5 Å². The Kier molecular flexibility index (Phi) is 7.84. The van der Waals surface area contributed by atoms with Gasteiger partial charge < -0.3 is 4.74 Å². The molecule has 1 radical (unpaired) electrons. The molecule has 0 bridgehead atoms. The second-order valence-electron chi connectivity index (χ2n) is 7.71. The van der Waals surface area contributed by atoms with Gasteiger partial charge in [0, 0.05) is 43.3 Å². The maximum Gasteiger partial charge on any atom is 0.243 e. The molecule has 0 atom stereocenters. The molecule has 0 spiro atoms. The van der Waals surface area contributed by atoms with Gasteiger partial charge in [-0.1, -0.05) is 53.0 Å². The molecule has 5 nitrogen and oxygen atoms in total. The van der Waals surface area contributed by atoms with Crippen LogP contribution in [0.25, 0.3) is 0 Å². The van der Waals surface area contributed by atoms with Gasteiger partial charge >= 0.3 is 0 Å². The molecule has 3 aromatic rings. The summed E-state index contributed by atoms with van der Waals surface area (Å²) in [6, 6.07) is 20.7. The molecule has 0 aromatic heterocycles. The van der Waals surface area contributed by atoms with Crippen molar-refractivity contribution in [3.8, 4) is 5.75 Å². The van der Waals surface area contributed by atoms with E-state index in [-0.39, 0.29) is 9.92 Å². The van der Waals surface area contributed by atoms with Crippen LogP contribution in [-0.2, 0) is 23.2 Å². The third-order valence-corrected chi connectivity index (χ3v) is 8.35. The Morgan fingerprint density at radius 1 is 0.909 bits per heavy atom. The third kappa shape index (κ3) is 6.01. The molecule has 1 aliphatic rings. The Labute approximate surface area is 209 Å². The summed E-state index contributed by atoms with van der Waals surface area (Å²) in [6.45, 7) is 3.07. The van der Waals surface area contributed by atoms with Gasteiger partial charge in [0.15, 0.2) is 0 Å². The Bertz CT molecular complexity index is 1210. The molecular weight excluding hydrogens is 503 g/mol. The highest BCUT2D eigenvalue weighted by Gasteiger charge is 2.29. The van der Waals surface area contributed by atoms with Crippen molar-refractivity contribution in [3.05, 3.63) is 92.9 Å². The molecule has 1 saturated heterocycles. The van der Waals surface area contributed by atoms with E-state index in [1.807, 2.05) is 42.5 Å². The normalized spacial score (nSPS) is 15.5. The summed E-state index contributed by atoms with van der Waals surface area (Å²) in [5.41, 5.74) is 2.03. The first-order chi connectivity index (χ1) is 15.8. The van der Waals surface area contributed by atoms with Gasteiger partial charge in [0.25, 0.3) is 0 Å². The number of sulfonamides is 1. The fourth-order valence-electron chi connectivity index (χ4n) is 3.61. The Morgan fingerprint density at radius 3 is 2.33 bits per heavy atom. The molecule has 4 rings (SSSR count). The third-order valence-electron chi connectivity index (χ3n) is 5.47. The van der Waals surface area contributed by atoms with Crippen LogP contribution in [-0.4, -0.2) is 43.8 Å². The van der Waals surface area contributed by atoms with Crippen LogP contribution in [0.15, 0.2) is 65.6 Å². The van der Waals surface area contributed by atoms with Gasteiger partial charge in [0.2, 0.25) is 10.0 Å². The van der Waals surface area contributed by atoms with Crippen molar-refractivity contribution in [1.29, 1.82) is 0 Å². The monoisotopic (exact) mass is 523 g/mol. The first kappa shape index (κ1) is 24.3. The lowest BCUT2D eigenvalue weighted by Crippen LogP contribution is -2.48. The van der Waals surface area contributed by atoms with Gasteiger partial charge in [-0.25, -0.2) is 8.42 Å². The molecule has 9 heteroatoms. The summed E-state index contributed by atoms with van der Waals surface area (Å²) >= 11 is 17.9. The van der Waals surface area contributed by atoms with Gasteiger partial charge in [0.1, 0.15) is 12.4 Å². The molecular formula is C24H22Cl3N2O3S. The summed E-state index contributed by atoms with van der Waals surface area (Å²) < 4.78 is 33.5. The van der Waals surface area contributed by atoms with E-state index in [4.69, 9.17) is 39.5 Å². The van der Waals surface area contributed by atoms with Gasteiger partial charge in [0.05, 0.1) is 14.9 Å². The predicted molar refractivity (Wildman–Crippen MR) is 132 cm³/mol. The number of nitrogens with zero attached hydrogens (tertiary/aromatic N) is 2. The van der Waals surface area contributed by atoms with Gasteiger partial charge in [-0.3, -0.25) is 4.90 Å². The smallest absolute Gasteiger partial charge is 0.243 e. The Hall–Kier alpha value is -1.80. The molecule has 1 heterocycles. The van der Waals surface area contributed by atoms with Crippen LogP contribution in [0.2, 0.25) is 15.1 Å². The summed E-state index contributed by atoms with van der Waals surface area (Å²) in [5.74, 6) is 0.787. The molecule has 33 heavy (non-hydrogen) atoms. The largest absolute Gasteiger partial charge is 0.489 e. The van der Waals surface area contributed by atoms with Crippen molar-refractivity contribution in [3.63, 3.8) is 0 Å². The number of hydrogen-bond donors (Lipinski definition) is 0. The van der Waals surface area contributed by atoms with Crippen LogP contribution in [0, 0.1) is 6.07 Å². The fourth-order valence-corrected chi connectivity index (χ4v) is 5.55. The first-order valence-corrected chi connectivity index (χ1v) is 12.9. The van der Waals surface area contributed by atoms with E-state index in [0.29, 0.717) is 49.4 Å². The predicted octanol–water partition coefficient (Wildman–Crippen LogP) is 5.53.